The molecule has 0 aliphatic rings. The minimum atomic E-state index is -1.09. The highest BCUT2D eigenvalue weighted by molar-refractivity contribution is 7.99. The standard InChI is InChI=1S/C32H33FN4O4S/c1-20-8-6-7-9-24(20)18-37(29(38)19-42-32-34-21(2)16-22(3)35-32)30(23-10-12-25(33)13-11-23)31(39)36-27-15-14-26(40-4)17-28(27)41-5/h6-17,30H,18-19H2,1-5H3,(H,36,39)/t30-/m1/s1. The van der Waals surface area contributed by atoms with Crippen LogP contribution in [-0.4, -0.2) is 46.7 Å². The molecule has 4 aromatic rings. The Kier molecular flexibility index (Phi) is 10.1. The Morgan fingerprint density at radius 2 is 1.62 bits per heavy atom. The van der Waals surface area contributed by atoms with Crippen molar-refractivity contribution in [1.82, 2.24) is 14.9 Å². The summed E-state index contributed by atoms with van der Waals surface area (Å²) in [6, 6.07) is 19.0. The van der Waals surface area contributed by atoms with Crippen molar-refractivity contribution in [1.29, 1.82) is 0 Å². The average Bonchev–Trinajstić information content (AvgIpc) is 2.97. The molecule has 0 aliphatic carbocycles. The van der Waals surface area contributed by atoms with Gasteiger partial charge in [0.25, 0.3) is 5.91 Å². The molecular formula is C32H33FN4O4S. The first-order chi connectivity index (χ1) is 20.2. The Balaban J connectivity index is 1.74. The lowest BCUT2D eigenvalue weighted by atomic mass is 10.0. The van der Waals surface area contributed by atoms with E-state index in [1.807, 2.05) is 51.1 Å². The van der Waals surface area contributed by atoms with E-state index in [9.17, 15) is 14.0 Å². The molecule has 0 aliphatic heterocycles. The van der Waals surface area contributed by atoms with Gasteiger partial charge in [-0.1, -0.05) is 48.2 Å². The van der Waals surface area contributed by atoms with Crippen molar-refractivity contribution < 1.29 is 23.5 Å². The molecule has 0 bridgehead atoms. The maximum absolute atomic E-state index is 14.1. The molecule has 2 amide bonds. The molecule has 4 rings (SSSR count). The van der Waals surface area contributed by atoms with Gasteiger partial charge >= 0.3 is 0 Å². The Morgan fingerprint density at radius 1 is 0.929 bits per heavy atom. The summed E-state index contributed by atoms with van der Waals surface area (Å²) in [6.07, 6.45) is 0. The van der Waals surface area contributed by atoms with Crippen molar-refractivity contribution in [3.63, 3.8) is 0 Å². The first-order valence-electron chi connectivity index (χ1n) is 13.3. The lowest BCUT2D eigenvalue weighted by Gasteiger charge is -2.32. The van der Waals surface area contributed by atoms with E-state index >= 15 is 0 Å². The SMILES string of the molecule is COc1ccc(NC(=O)[C@@H](c2ccc(F)cc2)N(Cc2ccccc2C)C(=O)CSc2nc(C)cc(C)n2)c(OC)c1. The number of halogens is 1. The maximum Gasteiger partial charge on any atom is 0.251 e. The Morgan fingerprint density at radius 3 is 2.26 bits per heavy atom. The first kappa shape index (κ1) is 30.5. The molecule has 0 radical (unpaired) electrons. The van der Waals surface area contributed by atoms with Crippen LogP contribution in [0.25, 0.3) is 0 Å². The molecule has 3 aromatic carbocycles. The quantitative estimate of drug-likeness (QED) is 0.168. The number of carbonyl (C=O) groups is 2. The van der Waals surface area contributed by atoms with Crippen LogP contribution in [0.2, 0.25) is 0 Å². The fraction of sp³-hybridized carbons (Fsp3) is 0.250. The number of hydrogen-bond acceptors (Lipinski definition) is 7. The third kappa shape index (κ3) is 7.64. The lowest BCUT2D eigenvalue weighted by molar-refractivity contribution is -0.137. The molecule has 1 N–H and O–H groups in total. The molecule has 1 heterocycles. The predicted molar refractivity (Wildman–Crippen MR) is 161 cm³/mol. The topological polar surface area (TPSA) is 93.7 Å². The zero-order valence-corrected chi connectivity index (χ0v) is 25.0. The van der Waals surface area contributed by atoms with E-state index in [2.05, 4.69) is 15.3 Å². The van der Waals surface area contributed by atoms with Gasteiger partial charge in [-0.3, -0.25) is 9.59 Å². The summed E-state index contributed by atoms with van der Waals surface area (Å²) >= 11 is 1.20. The monoisotopic (exact) mass is 588 g/mol. The van der Waals surface area contributed by atoms with Gasteiger partial charge in [0.2, 0.25) is 5.91 Å². The maximum atomic E-state index is 14.1. The fourth-order valence-electron chi connectivity index (χ4n) is 4.48. The van der Waals surface area contributed by atoms with Gasteiger partial charge < -0.3 is 19.7 Å². The number of carbonyl (C=O) groups excluding carboxylic acids is 2. The van der Waals surface area contributed by atoms with E-state index in [0.29, 0.717) is 27.9 Å². The Bertz CT molecular complexity index is 1540. The summed E-state index contributed by atoms with van der Waals surface area (Å²) in [5.41, 5.74) is 4.29. The third-order valence-corrected chi connectivity index (χ3v) is 7.45. The molecule has 10 heteroatoms. The van der Waals surface area contributed by atoms with Crippen LogP contribution in [-0.2, 0) is 16.1 Å². The minimum Gasteiger partial charge on any atom is -0.497 e. The van der Waals surface area contributed by atoms with Crippen molar-refractivity contribution in [2.75, 3.05) is 25.3 Å². The molecule has 8 nitrogen and oxygen atoms in total. The number of anilines is 1. The van der Waals surface area contributed by atoms with Crippen molar-refractivity contribution >= 4 is 29.3 Å². The molecule has 1 atom stereocenters. The second kappa shape index (κ2) is 14.0. The molecule has 0 spiro atoms. The molecule has 1 aromatic heterocycles. The van der Waals surface area contributed by atoms with E-state index in [0.717, 1.165) is 22.5 Å². The number of ether oxygens (including phenoxy) is 2. The summed E-state index contributed by atoms with van der Waals surface area (Å²) in [6.45, 7) is 5.83. The summed E-state index contributed by atoms with van der Waals surface area (Å²) in [7, 11) is 3.02. The number of nitrogens with one attached hydrogen (secondary N) is 1. The molecular weight excluding hydrogens is 555 g/mol. The van der Waals surface area contributed by atoms with Crippen LogP contribution >= 0.6 is 11.8 Å². The van der Waals surface area contributed by atoms with Crippen molar-refractivity contribution in [3.05, 3.63) is 107 Å². The first-order valence-corrected chi connectivity index (χ1v) is 14.2. The van der Waals surface area contributed by atoms with E-state index in [1.54, 1.807) is 18.2 Å². The van der Waals surface area contributed by atoms with Crippen molar-refractivity contribution in [3.8, 4) is 11.5 Å². The molecule has 218 valence electrons. The molecule has 42 heavy (non-hydrogen) atoms. The van der Waals surface area contributed by atoms with Gasteiger partial charge in [-0.25, -0.2) is 14.4 Å². The number of aryl methyl sites for hydroxylation is 3. The summed E-state index contributed by atoms with van der Waals surface area (Å²) in [4.78, 5) is 38.5. The molecule has 0 saturated heterocycles. The van der Waals surface area contributed by atoms with E-state index in [4.69, 9.17) is 9.47 Å². The van der Waals surface area contributed by atoms with Crippen molar-refractivity contribution in [2.24, 2.45) is 0 Å². The molecule has 0 unspecified atom stereocenters. The third-order valence-electron chi connectivity index (χ3n) is 6.62. The largest absolute Gasteiger partial charge is 0.497 e. The van der Waals surface area contributed by atoms with Gasteiger partial charge in [0.15, 0.2) is 5.16 Å². The number of methoxy groups -OCH3 is 2. The lowest BCUT2D eigenvalue weighted by Crippen LogP contribution is -2.42. The molecule has 0 fully saturated rings. The van der Waals surface area contributed by atoms with E-state index in [-0.39, 0.29) is 18.2 Å². The molecule has 0 saturated carbocycles. The number of hydrogen-bond donors (Lipinski definition) is 1. The second-order valence-electron chi connectivity index (χ2n) is 9.68. The van der Waals surface area contributed by atoms with Crippen LogP contribution < -0.4 is 14.8 Å². The Labute approximate surface area is 249 Å². The zero-order chi connectivity index (χ0) is 30.2. The number of nitrogens with zero attached hydrogens (tertiary/aromatic N) is 3. The number of rotatable bonds is 11. The zero-order valence-electron chi connectivity index (χ0n) is 24.2. The predicted octanol–water partition coefficient (Wildman–Crippen LogP) is 6.06. The van der Waals surface area contributed by atoms with Crippen LogP contribution in [0.1, 0.15) is 34.1 Å². The van der Waals surface area contributed by atoms with Gasteiger partial charge in [-0.05, 0) is 67.8 Å². The van der Waals surface area contributed by atoms with Crippen LogP contribution in [0, 0.1) is 26.6 Å². The minimum absolute atomic E-state index is 0.00833. The van der Waals surface area contributed by atoms with Gasteiger partial charge in [-0.2, -0.15) is 0 Å². The summed E-state index contributed by atoms with van der Waals surface area (Å²) in [5.74, 6) is -0.307. The van der Waals surface area contributed by atoms with Crippen LogP contribution in [0.15, 0.2) is 78.0 Å². The van der Waals surface area contributed by atoms with Crippen LogP contribution in [0.3, 0.4) is 0 Å². The number of amides is 2. The highest BCUT2D eigenvalue weighted by Crippen LogP contribution is 2.32. The van der Waals surface area contributed by atoms with Crippen molar-refractivity contribution in [2.45, 2.75) is 38.5 Å². The van der Waals surface area contributed by atoms with Gasteiger partial charge in [-0.15, -0.1) is 0 Å². The van der Waals surface area contributed by atoms with Gasteiger partial charge in [0.1, 0.15) is 23.4 Å². The number of aromatic nitrogens is 2. The number of benzene rings is 3. The van der Waals surface area contributed by atoms with Gasteiger partial charge in [0.05, 0.1) is 25.7 Å². The smallest absolute Gasteiger partial charge is 0.251 e. The normalized spacial score (nSPS) is 11.5. The Hall–Kier alpha value is -4.44. The average molecular weight is 589 g/mol. The van der Waals surface area contributed by atoms with Gasteiger partial charge in [0, 0.05) is 24.0 Å². The van der Waals surface area contributed by atoms with E-state index in [1.165, 1.54) is 55.1 Å². The van der Waals surface area contributed by atoms with Crippen LogP contribution in [0.4, 0.5) is 10.1 Å². The highest BCUT2D eigenvalue weighted by Gasteiger charge is 2.33. The second-order valence-corrected chi connectivity index (χ2v) is 10.6. The number of thioether (sulfide) groups is 1. The summed E-state index contributed by atoms with van der Waals surface area (Å²) in [5, 5.41) is 3.39. The highest BCUT2D eigenvalue weighted by atomic mass is 32.2. The van der Waals surface area contributed by atoms with Crippen LogP contribution in [0.5, 0.6) is 11.5 Å². The summed E-state index contributed by atoms with van der Waals surface area (Å²) < 4.78 is 24.7. The fourth-order valence-corrected chi connectivity index (χ4v) is 5.32. The van der Waals surface area contributed by atoms with E-state index < -0.39 is 17.8 Å².